The number of likely N-dealkylation sites (N-methyl/N-ethyl adjacent to an activating group) is 1. The summed E-state index contributed by atoms with van der Waals surface area (Å²) in [7, 11) is 3.28. The summed E-state index contributed by atoms with van der Waals surface area (Å²) in [5, 5.41) is 2.68. The molecule has 0 saturated heterocycles. The average Bonchev–Trinajstić information content (AvgIpc) is 2.28. The second kappa shape index (κ2) is 8.95. The molecule has 1 atom stereocenters. The van der Waals surface area contributed by atoms with Crippen molar-refractivity contribution in [1.29, 1.82) is 0 Å². The number of nitrogens with zero attached hydrogens (tertiary/aromatic N) is 1. The zero-order valence-electron chi connectivity index (χ0n) is 11.0. The van der Waals surface area contributed by atoms with Crippen LogP contribution in [-0.2, 0) is 19.1 Å². The Balaban J connectivity index is 3.93. The van der Waals surface area contributed by atoms with E-state index in [0.29, 0.717) is 19.8 Å². The van der Waals surface area contributed by atoms with Crippen molar-refractivity contribution in [2.45, 2.75) is 19.9 Å². The van der Waals surface area contributed by atoms with E-state index >= 15 is 0 Å². The van der Waals surface area contributed by atoms with Crippen molar-refractivity contribution in [3.05, 3.63) is 0 Å². The van der Waals surface area contributed by atoms with Crippen LogP contribution in [0.4, 0.5) is 0 Å². The van der Waals surface area contributed by atoms with Crippen LogP contribution in [0.25, 0.3) is 0 Å². The number of amides is 1. The molecule has 0 radical (unpaired) electrons. The van der Waals surface area contributed by atoms with E-state index in [-0.39, 0.29) is 18.4 Å². The van der Waals surface area contributed by atoms with Gasteiger partial charge in [0.2, 0.25) is 5.91 Å². The molecule has 0 heterocycles. The number of nitrogens with one attached hydrogen (secondary N) is 1. The lowest BCUT2D eigenvalue weighted by molar-refractivity contribution is -0.148. The van der Waals surface area contributed by atoms with E-state index in [1.165, 1.54) is 0 Å². The van der Waals surface area contributed by atoms with Crippen LogP contribution in [0.3, 0.4) is 0 Å². The first-order valence-electron chi connectivity index (χ1n) is 5.65. The Labute approximate surface area is 102 Å². The van der Waals surface area contributed by atoms with Crippen molar-refractivity contribution in [1.82, 2.24) is 10.2 Å². The Hall–Kier alpha value is -1.14. The molecule has 0 aromatic rings. The molecule has 0 spiro atoms. The third kappa shape index (κ3) is 6.91. The predicted molar refractivity (Wildman–Crippen MR) is 63.6 cm³/mol. The average molecular weight is 246 g/mol. The molecule has 1 N–H and O–H groups in total. The van der Waals surface area contributed by atoms with Gasteiger partial charge in [-0.2, -0.15) is 0 Å². The topological polar surface area (TPSA) is 67.9 Å². The molecule has 1 amide bonds. The summed E-state index contributed by atoms with van der Waals surface area (Å²) in [6.07, 6.45) is 0. The monoisotopic (exact) mass is 246 g/mol. The van der Waals surface area contributed by atoms with Crippen LogP contribution in [0.15, 0.2) is 0 Å². The van der Waals surface area contributed by atoms with Crippen molar-refractivity contribution >= 4 is 11.9 Å². The van der Waals surface area contributed by atoms with E-state index in [9.17, 15) is 9.59 Å². The molecule has 6 nitrogen and oxygen atoms in total. The summed E-state index contributed by atoms with van der Waals surface area (Å²) in [5.41, 5.74) is 0. The van der Waals surface area contributed by atoms with Crippen LogP contribution in [0.5, 0.6) is 0 Å². The van der Waals surface area contributed by atoms with Gasteiger partial charge in [0.05, 0.1) is 19.8 Å². The van der Waals surface area contributed by atoms with Crippen LogP contribution < -0.4 is 5.32 Å². The molecule has 0 aromatic carbocycles. The zero-order chi connectivity index (χ0) is 13.3. The first kappa shape index (κ1) is 15.9. The number of carbonyl (C=O) groups excluding carboxylic acids is 2. The number of methoxy groups -OCH3 is 1. The highest BCUT2D eigenvalue weighted by molar-refractivity contribution is 5.80. The lowest BCUT2D eigenvalue weighted by Crippen LogP contribution is -2.44. The van der Waals surface area contributed by atoms with E-state index in [1.807, 2.05) is 0 Å². The SMILES string of the molecule is CCOC(=O)C(C)N(C)CC(=O)NCCOC. The van der Waals surface area contributed by atoms with Crippen molar-refractivity contribution < 1.29 is 19.1 Å². The summed E-state index contributed by atoms with van der Waals surface area (Å²) in [6.45, 7) is 4.91. The highest BCUT2D eigenvalue weighted by atomic mass is 16.5. The molecule has 100 valence electrons. The molecule has 0 fully saturated rings. The second-order valence-corrected chi connectivity index (χ2v) is 3.69. The van der Waals surface area contributed by atoms with Gasteiger partial charge in [-0.3, -0.25) is 14.5 Å². The van der Waals surface area contributed by atoms with Gasteiger partial charge in [0.1, 0.15) is 6.04 Å². The molecule has 0 saturated carbocycles. The van der Waals surface area contributed by atoms with Gasteiger partial charge < -0.3 is 14.8 Å². The van der Waals surface area contributed by atoms with Gasteiger partial charge in [-0.15, -0.1) is 0 Å². The molecular formula is C11H22N2O4. The zero-order valence-corrected chi connectivity index (χ0v) is 11.0. The smallest absolute Gasteiger partial charge is 0.323 e. The summed E-state index contributed by atoms with van der Waals surface area (Å²) < 4.78 is 9.68. The molecular weight excluding hydrogens is 224 g/mol. The maximum Gasteiger partial charge on any atom is 0.323 e. The highest BCUT2D eigenvalue weighted by Crippen LogP contribution is 1.98. The summed E-state index contributed by atoms with van der Waals surface area (Å²) >= 11 is 0. The van der Waals surface area contributed by atoms with Gasteiger partial charge in [-0.05, 0) is 20.9 Å². The summed E-state index contributed by atoms with van der Waals surface area (Å²) in [5.74, 6) is -0.458. The number of hydrogen-bond donors (Lipinski definition) is 1. The minimum Gasteiger partial charge on any atom is -0.465 e. The molecule has 0 aliphatic heterocycles. The van der Waals surface area contributed by atoms with Crippen molar-refractivity contribution in [3.8, 4) is 0 Å². The maximum atomic E-state index is 11.5. The number of hydrogen-bond acceptors (Lipinski definition) is 5. The molecule has 6 heteroatoms. The Morgan fingerprint density at radius 2 is 2.06 bits per heavy atom. The fourth-order valence-electron chi connectivity index (χ4n) is 1.15. The van der Waals surface area contributed by atoms with Gasteiger partial charge in [0.25, 0.3) is 0 Å². The van der Waals surface area contributed by atoms with Gasteiger partial charge in [-0.25, -0.2) is 0 Å². The van der Waals surface area contributed by atoms with E-state index < -0.39 is 6.04 Å². The quantitative estimate of drug-likeness (QED) is 0.467. The third-order valence-electron chi connectivity index (χ3n) is 2.31. The number of carbonyl (C=O) groups is 2. The minimum absolute atomic E-state index is 0.138. The van der Waals surface area contributed by atoms with Crippen LogP contribution in [0, 0.1) is 0 Å². The predicted octanol–water partition coefficient (Wildman–Crippen LogP) is -0.368. The molecule has 1 unspecified atom stereocenters. The van der Waals surface area contributed by atoms with Crippen LogP contribution in [0.1, 0.15) is 13.8 Å². The Bertz CT molecular complexity index is 246. The van der Waals surface area contributed by atoms with Crippen LogP contribution in [0.2, 0.25) is 0 Å². The Morgan fingerprint density at radius 3 is 2.59 bits per heavy atom. The lowest BCUT2D eigenvalue weighted by atomic mass is 10.3. The minimum atomic E-state index is -0.428. The Kier molecular flexibility index (Phi) is 8.35. The standard InChI is InChI=1S/C11H22N2O4/c1-5-17-11(15)9(2)13(3)8-10(14)12-6-7-16-4/h9H,5-8H2,1-4H3,(H,12,14). The van der Waals surface area contributed by atoms with Crippen LogP contribution >= 0.6 is 0 Å². The Morgan fingerprint density at radius 1 is 1.41 bits per heavy atom. The largest absolute Gasteiger partial charge is 0.465 e. The van der Waals surface area contributed by atoms with Gasteiger partial charge in [-0.1, -0.05) is 0 Å². The normalized spacial score (nSPS) is 12.3. The van der Waals surface area contributed by atoms with Gasteiger partial charge in [0, 0.05) is 13.7 Å². The molecule has 0 aromatic heterocycles. The van der Waals surface area contributed by atoms with E-state index in [2.05, 4.69) is 5.32 Å². The molecule has 0 rings (SSSR count). The number of ether oxygens (including phenoxy) is 2. The van der Waals surface area contributed by atoms with E-state index in [0.717, 1.165) is 0 Å². The number of rotatable bonds is 8. The van der Waals surface area contributed by atoms with Crippen molar-refractivity contribution in [2.24, 2.45) is 0 Å². The maximum absolute atomic E-state index is 11.5. The van der Waals surface area contributed by atoms with E-state index in [4.69, 9.17) is 9.47 Å². The second-order valence-electron chi connectivity index (χ2n) is 3.69. The first-order valence-corrected chi connectivity index (χ1v) is 5.65. The molecule has 0 aliphatic rings. The molecule has 0 bridgehead atoms. The third-order valence-corrected chi connectivity index (χ3v) is 2.31. The molecule has 0 aliphatic carbocycles. The van der Waals surface area contributed by atoms with Gasteiger partial charge >= 0.3 is 5.97 Å². The van der Waals surface area contributed by atoms with Crippen molar-refractivity contribution in [2.75, 3.05) is 40.5 Å². The van der Waals surface area contributed by atoms with Crippen molar-refractivity contribution in [3.63, 3.8) is 0 Å². The highest BCUT2D eigenvalue weighted by Gasteiger charge is 2.20. The summed E-state index contributed by atoms with van der Waals surface area (Å²) in [4.78, 5) is 24.5. The van der Waals surface area contributed by atoms with Crippen LogP contribution in [-0.4, -0.2) is 63.3 Å². The lowest BCUT2D eigenvalue weighted by Gasteiger charge is -2.22. The number of esters is 1. The first-order chi connectivity index (χ1) is 8.02. The van der Waals surface area contributed by atoms with E-state index in [1.54, 1.807) is 32.9 Å². The van der Waals surface area contributed by atoms with Gasteiger partial charge in [0.15, 0.2) is 0 Å². The molecule has 17 heavy (non-hydrogen) atoms. The fourth-order valence-corrected chi connectivity index (χ4v) is 1.15. The summed E-state index contributed by atoms with van der Waals surface area (Å²) in [6, 6.07) is -0.428. The fraction of sp³-hybridized carbons (Fsp3) is 0.818.